The SMILES string of the molecule is O=c1c2nc(N3CCOCC3)sc2c(-c2ccco2)nn1Cc1cccc(F)c1. The summed E-state index contributed by atoms with van der Waals surface area (Å²) in [7, 11) is 0. The number of nitrogens with zero attached hydrogens (tertiary/aromatic N) is 4. The Morgan fingerprint density at radius 2 is 2.03 bits per heavy atom. The van der Waals surface area contributed by atoms with Crippen LogP contribution in [0.4, 0.5) is 9.52 Å². The summed E-state index contributed by atoms with van der Waals surface area (Å²) in [4.78, 5) is 19.8. The largest absolute Gasteiger partial charge is 0.463 e. The smallest absolute Gasteiger partial charge is 0.294 e. The Bertz CT molecular complexity index is 1210. The minimum atomic E-state index is -0.355. The Morgan fingerprint density at radius 1 is 1.17 bits per heavy atom. The van der Waals surface area contributed by atoms with Crippen molar-refractivity contribution in [2.24, 2.45) is 0 Å². The monoisotopic (exact) mass is 412 g/mol. The maximum Gasteiger partial charge on any atom is 0.294 e. The van der Waals surface area contributed by atoms with Crippen molar-refractivity contribution in [1.29, 1.82) is 0 Å². The topological polar surface area (TPSA) is 73.4 Å². The number of anilines is 1. The number of benzene rings is 1. The van der Waals surface area contributed by atoms with E-state index in [4.69, 9.17) is 9.15 Å². The molecule has 3 aromatic heterocycles. The summed E-state index contributed by atoms with van der Waals surface area (Å²) in [5.74, 6) is 0.200. The Kier molecular flexibility index (Phi) is 4.61. The summed E-state index contributed by atoms with van der Waals surface area (Å²) in [6.07, 6.45) is 1.56. The molecule has 1 aliphatic heterocycles. The zero-order valence-electron chi connectivity index (χ0n) is 15.4. The fourth-order valence-corrected chi connectivity index (χ4v) is 4.43. The molecule has 7 nitrogen and oxygen atoms in total. The number of thiazole rings is 1. The van der Waals surface area contributed by atoms with Gasteiger partial charge in [0.1, 0.15) is 11.5 Å². The van der Waals surface area contributed by atoms with Crippen molar-refractivity contribution in [3.63, 3.8) is 0 Å². The number of fused-ring (bicyclic) bond motifs is 1. The molecule has 4 aromatic rings. The fourth-order valence-electron chi connectivity index (χ4n) is 3.33. The summed E-state index contributed by atoms with van der Waals surface area (Å²) in [6.45, 7) is 2.85. The lowest BCUT2D eigenvalue weighted by Gasteiger charge is -2.25. The molecule has 5 rings (SSSR count). The quantitative estimate of drug-likeness (QED) is 0.513. The molecule has 0 N–H and O–H groups in total. The van der Waals surface area contributed by atoms with Gasteiger partial charge in [0.25, 0.3) is 5.56 Å². The van der Waals surface area contributed by atoms with E-state index in [2.05, 4.69) is 15.0 Å². The normalized spacial score (nSPS) is 14.6. The average molecular weight is 412 g/mol. The lowest BCUT2D eigenvalue weighted by Crippen LogP contribution is -2.36. The molecule has 0 unspecified atom stereocenters. The predicted molar refractivity (Wildman–Crippen MR) is 108 cm³/mol. The van der Waals surface area contributed by atoms with Crippen molar-refractivity contribution in [3.05, 3.63) is 64.4 Å². The van der Waals surface area contributed by atoms with Gasteiger partial charge in [-0.2, -0.15) is 5.10 Å². The van der Waals surface area contributed by atoms with Crippen LogP contribution in [0.25, 0.3) is 21.7 Å². The van der Waals surface area contributed by atoms with E-state index < -0.39 is 0 Å². The van der Waals surface area contributed by atoms with Crippen LogP contribution in [0.3, 0.4) is 0 Å². The third kappa shape index (κ3) is 3.43. The number of halogens is 1. The van der Waals surface area contributed by atoms with Gasteiger partial charge in [0.15, 0.2) is 16.4 Å². The number of rotatable bonds is 4. The van der Waals surface area contributed by atoms with E-state index >= 15 is 0 Å². The van der Waals surface area contributed by atoms with E-state index in [1.54, 1.807) is 30.5 Å². The van der Waals surface area contributed by atoms with Gasteiger partial charge >= 0.3 is 0 Å². The first-order valence-corrected chi connectivity index (χ1v) is 10.0. The van der Waals surface area contributed by atoms with E-state index in [9.17, 15) is 9.18 Å². The predicted octanol–water partition coefficient (Wildman–Crippen LogP) is 3.14. The number of aromatic nitrogens is 3. The van der Waals surface area contributed by atoms with E-state index in [-0.39, 0.29) is 17.9 Å². The highest BCUT2D eigenvalue weighted by molar-refractivity contribution is 7.22. The molecule has 0 bridgehead atoms. The van der Waals surface area contributed by atoms with Crippen LogP contribution in [0.5, 0.6) is 0 Å². The van der Waals surface area contributed by atoms with E-state index in [1.807, 2.05) is 0 Å². The van der Waals surface area contributed by atoms with Crippen LogP contribution in [0, 0.1) is 5.82 Å². The molecule has 0 spiro atoms. The van der Waals surface area contributed by atoms with Gasteiger partial charge in [0, 0.05) is 13.1 Å². The van der Waals surface area contributed by atoms with Crippen LogP contribution >= 0.6 is 11.3 Å². The number of morpholine rings is 1. The van der Waals surface area contributed by atoms with Gasteiger partial charge in [-0.15, -0.1) is 0 Å². The van der Waals surface area contributed by atoms with E-state index in [0.29, 0.717) is 40.4 Å². The molecule has 1 saturated heterocycles. The van der Waals surface area contributed by atoms with Gasteiger partial charge < -0.3 is 14.1 Å². The lowest BCUT2D eigenvalue weighted by atomic mass is 10.2. The number of ether oxygens (including phenoxy) is 1. The van der Waals surface area contributed by atoms with Crippen molar-refractivity contribution in [1.82, 2.24) is 14.8 Å². The second kappa shape index (κ2) is 7.41. The molecule has 0 atom stereocenters. The maximum absolute atomic E-state index is 13.6. The zero-order chi connectivity index (χ0) is 19.8. The Hall–Kier alpha value is -3.04. The lowest BCUT2D eigenvalue weighted by molar-refractivity contribution is 0.122. The van der Waals surface area contributed by atoms with Gasteiger partial charge in [-0.1, -0.05) is 23.5 Å². The summed E-state index contributed by atoms with van der Waals surface area (Å²) in [5.41, 5.74) is 1.23. The molecule has 0 saturated carbocycles. The van der Waals surface area contributed by atoms with Gasteiger partial charge in [0.05, 0.1) is 30.7 Å². The second-order valence-corrected chi connectivity index (χ2v) is 7.67. The zero-order valence-corrected chi connectivity index (χ0v) is 16.2. The minimum absolute atomic E-state index is 0.144. The highest BCUT2D eigenvalue weighted by Crippen LogP contribution is 2.34. The molecule has 148 valence electrons. The molecule has 1 fully saturated rings. The number of hydrogen-bond acceptors (Lipinski definition) is 7. The average Bonchev–Trinajstić information content (AvgIpc) is 3.41. The molecule has 0 aliphatic carbocycles. The van der Waals surface area contributed by atoms with Crippen molar-refractivity contribution >= 4 is 26.7 Å². The minimum Gasteiger partial charge on any atom is -0.463 e. The van der Waals surface area contributed by atoms with Crippen molar-refractivity contribution in [2.75, 3.05) is 31.2 Å². The van der Waals surface area contributed by atoms with E-state index in [0.717, 1.165) is 18.2 Å². The van der Waals surface area contributed by atoms with Crippen molar-refractivity contribution in [2.45, 2.75) is 6.54 Å². The van der Waals surface area contributed by atoms with Gasteiger partial charge in [-0.05, 0) is 29.8 Å². The first kappa shape index (κ1) is 18.0. The molecule has 4 heterocycles. The fraction of sp³-hybridized carbons (Fsp3) is 0.250. The second-order valence-electron chi connectivity index (χ2n) is 6.69. The van der Waals surface area contributed by atoms with Crippen LogP contribution < -0.4 is 10.5 Å². The molecular formula is C20H17FN4O3S. The summed E-state index contributed by atoms with van der Waals surface area (Å²) in [5, 5.41) is 5.30. The third-order valence-corrected chi connectivity index (χ3v) is 5.87. The van der Waals surface area contributed by atoms with E-state index in [1.165, 1.54) is 28.2 Å². The summed E-state index contributed by atoms with van der Waals surface area (Å²) < 4.78 is 26.5. The van der Waals surface area contributed by atoms with Crippen molar-refractivity contribution < 1.29 is 13.5 Å². The molecular weight excluding hydrogens is 395 g/mol. The highest BCUT2D eigenvalue weighted by atomic mass is 32.1. The van der Waals surface area contributed by atoms with Crippen LogP contribution in [-0.2, 0) is 11.3 Å². The highest BCUT2D eigenvalue weighted by Gasteiger charge is 2.22. The molecule has 0 amide bonds. The molecule has 9 heteroatoms. The van der Waals surface area contributed by atoms with Gasteiger partial charge in [-0.3, -0.25) is 4.79 Å². The Balaban J connectivity index is 1.66. The van der Waals surface area contributed by atoms with Gasteiger partial charge in [-0.25, -0.2) is 14.1 Å². The molecule has 1 aliphatic rings. The number of furan rings is 1. The summed E-state index contributed by atoms with van der Waals surface area (Å²) >= 11 is 1.42. The first-order valence-electron chi connectivity index (χ1n) is 9.22. The van der Waals surface area contributed by atoms with Crippen LogP contribution in [0.1, 0.15) is 5.56 Å². The summed E-state index contributed by atoms with van der Waals surface area (Å²) in [6, 6.07) is 9.70. The first-order chi connectivity index (χ1) is 14.2. The van der Waals surface area contributed by atoms with Crippen LogP contribution in [0.15, 0.2) is 51.9 Å². The molecule has 29 heavy (non-hydrogen) atoms. The third-order valence-electron chi connectivity index (χ3n) is 4.75. The molecule has 0 radical (unpaired) electrons. The maximum atomic E-state index is 13.6. The number of hydrogen-bond donors (Lipinski definition) is 0. The van der Waals surface area contributed by atoms with Crippen molar-refractivity contribution in [3.8, 4) is 11.5 Å². The van der Waals surface area contributed by atoms with Crippen LogP contribution in [-0.4, -0.2) is 41.1 Å². The Morgan fingerprint density at radius 3 is 2.79 bits per heavy atom. The molecule has 1 aromatic carbocycles. The van der Waals surface area contributed by atoms with Gasteiger partial charge in [0.2, 0.25) is 0 Å². The standard InChI is InChI=1S/C20H17FN4O3S/c21-14-4-1-3-13(11-14)12-25-19(26)17-18(16(23-25)15-5-2-8-28-15)29-20(22-17)24-6-9-27-10-7-24/h1-5,8,11H,6-7,9-10,12H2. The van der Waals surface area contributed by atoms with Crippen LogP contribution in [0.2, 0.25) is 0 Å². The Labute approximate surface area is 169 Å².